The molecular formula is C21H20BrN7S. The van der Waals surface area contributed by atoms with E-state index >= 15 is 0 Å². The molecule has 0 radical (unpaired) electrons. The minimum atomic E-state index is 0.547. The Morgan fingerprint density at radius 3 is 2.67 bits per heavy atom. The first-order chi connectivity index (χ1) is 14.7. The Hall–Kier alpha value is -2.78. The third-order valence-corrected chi connectivity index (χ3v) is 5.79. The SMILES string of the molecule is CCCSc1nc(N/N=C/c2ccc(Br)cc2)c2nnn(Cc3ccccc3)c2n1. The van der Waals surface area contributed by atoms with Crippen molar-refractivity contribution in [3.05, 3.63) is 70.2 Å². The van der Waals surface area contributed by atoms with Crippen LogP contribution in [0.15, 0.2) is 69.3 Å². The average molecular weight is 482 g/mol. The maximum Gasteiger partial charge on any atom is 0.191 e. The Morgan fingerprint density at radius 2 is 1.90 bits per heavy atom. The lowest BCUT2D eigenvalue weighted by Crippen LogP contribution is -2.04. The summed E-state index contributed by atoms with van der Waals surface area (Å²) >= 11 is 5.05. The third kappa shape index (κ3) is 5.03. The van der Waals surface area contributed by atoms with Gasteiger partial charge < -0.3 is 0 Å². The van der Waals surface area contributed by atoms with E-state index in [1.807, 2.05) is 42.5 Å². The number of thioether (sulfide) groups is 1. The largest absolute Gasteiger partial charge is 0.259 e. The molecule has 0 amide bonds. The second-order valence-corrected chi connectivity index (χ2v) is 8.51. The van der Waals surface area contributed by atoms with Gasteiger partial charge in [0.15, 0.2) is 22.1 Å². The fraction of sp³-hybridized carbons (Fsp3) is 0.190. The molecule has 4 rings (SSSR count). The molecular weight excluding hydrogens is 462 g/mol. The molecule has 0 aliphatic rings. The average Bonchev–Trinajstić information content (AvgIpc) is 3.17. The van der Waals surface area contributed by atoms with Crippen molar-refractivity contribution in [2.45, 2.75) is 25.0 Å². The van der Waals surface area contributed by atoms with Crippen LogP contribution in [-0.4, -0.2) is 36.9 Å². The molecule has 1 N–H and O–H groups in total. The van der Waals surface area contributed by atoms with Gasteiger partial charge in [0.05, 0.1) is 12.8 Å². The van der Waals surface area contributed by atoms with Gasteiger partial charge in [-0.2, -0.15) is 5.10 Å². The van der Waals surface area contributed by atoms with E-state index in [4.69, 9.17) is 4.98 Å². The summed E-state index contributed by atoms with van der Waals surface area (Å²) in [6.07, 6.45) is 2.78. The Balaban J connectivity index is 1.64. The van der Waals surface area contributed by atoms with E-state index in [1.54, 1.807) is 22.7 Å². The molecule has 2 heterocycles. The highest BCUT2D eigenvalue weighted by atomic mass is 79.9. The maximum atomic E-state index is 4.70. The van der Waals surface area contributed by atoms with E-state index in [1.165, 1.54) is 0 Å². The molecule has 0 saturated carbocycles. The fourth-order valence-electron chi connectivity index (χ4n) is 2.75. The normalized spacial score (nSPS) is 11.4. The van der Waals surface area contributed by atoms with Gasteiger partial charge in [0.1, 0.15) is 0 Å². The minimum Gasteiger partial charge on any atom is -0.259 e. The van der Waals surface area contributed by atoms with Crippen molar-refractivity contribution in [1.82, 2.24) is 25.0 Å². The summed E-state index contributed by atoms with van der Waals surface area (Å²) in [6, 6.07) is 18.0. The molecule has 7 nitrogen and oxygen atoms in total. The van der Waals surface area contributed by atoms with Crippen LogP contribution in [0.5, 0.6) is 0 Å². The van der Waals surface area contributed by atoms with Gasteiger partial charge in [-0.1, -0.05) is 82.3 Å². The van der Waals surface area contributed by atoms with Crippen LogP contribution in [0.3, 0.4) is 0 Å². The zero-order valence-electron chi connectivity index (χ0n) is 16.4. The molecule has 0 aliphatic carbocycles. The van der Waals surface area contributed by atoms with E-state index in [9.17, 15) is 0 Å². The predicted molar refractivity (Wildman–Crippen MR) is 125 cm³/mol. The van der Waals surface area contributed by atoms with Gasteiger partial charge in [-0.25, -0.2) is 14.6 Å². The van der Waals surface area contributed by atoms with Crippen LogP contribution in [0.2, 0.25) is 0 Å². The molecule has 2 aromatic heterocycles. The second-order valence-electron chi connectivity index (χ2n) is 6.53. The van der Waals surface area contributed by atoms with Gasteiger partial charge in [-0.05, 0) is 29.7 Å². The van der Waals surface area contributed by atoms with Gasteiger partial charge in [-0.3, -0.25) is 5.43 Å². The lowest BCUT2D eigenvalue weighted by Gasteiger charge is -2.06. The Morgan fingerprint density at radius 1 is 1.10 bits per heavy atom. The van der Waals surface area contributed by atoms with Crippen LogP contribution >= 0.6 is 27.7 Å². The Labute approximate surface area is 187 Å². The zero-order chi connectivity index (χ0) is 20.8. The van der Waals surface area contributed by atoms with Crippen molar-refractivity contribution in [3.8, 4) is 0 Å². The molecule has 0 spiro atoms. The van der Waals surface area contributed by atoms with Crippen molar-refractivity contribution in [3.63, 3.8) is 0 Å². The fourth-order valence-corrected chi connectivity index (χ4v) is 3.71. The van der Waals surface area contributed by atoms with E-state index < -0.39 is 0 Å². The first-order valence-electron chi connectivity index (χ1n) is 9.55. The van der Waals surface area contributed by atoms with E-state index in [0.29, 0.717) is 28.7 Å². The smallest absolute Gasteiger partial charge is 0.191 e. The van der Waals surface area contributed by atoms with Crippen molar-refractivity contribution >= 4 is 50.9 Å². The first-order valence-corrected chi connectivity index (χ1v) is 11.3. The summed E-state index contributed by atoms with van der Waals surface area (Å²) in [5.74, 6) is 1.49. The predicted octanol–water partition coefficient (Wildman–Crippen LogP) is 4.98. The molecule has 0 bridgehead atoms. The summed E-state index contributed by atoms with van der Waals surface area (Å²) in [4.78, 5) is 9.31. The number of halogens is 1. The number of fused-ring (bicyclic) bond motifs is 1. The number of hydrazone groups is 1. The summed E-state index contributed by atoms with van der Waals surface area (Å²) in [6.45, 7) is 2.72. The highest BCUT2D eigenvalue weighted by Crippen LogP contribution is 2.23. The summed E-state index contributed by atoms with van der Waals surface area (Å²) < 4.78 is 2.82. The number of benzene rings is 2. The standard InChI is InChI=1S/C21H20BrN7S/c1-2-12-30-21-24-19(27-23-13-15-8-10-17(22)11-9-15)18-20(25-21)29(28-26-18)14-16-6-4-3-5-7-16/h3-11,13H,2,12,14H2,1H3,(H,24,25,27)/b23-13+. The summed E-state index contributed by atoms with van der Waals surface area (Å²) in [5, 5.41) is 13.6. The van der Waals surface area contributed by atoms with Crippen LogP contribution in [-0.2, 0) is 6.54 Å². The molecule has 0 unspecified atom stereocenters. The van der Waals surface area contributed by atoms with E-state index in [2.05, 4.69) is 60.8 Å². The molecule has 0 saturated heterocycles. The van der Waals surface area contributed by atoms with E-state index in [0.717, 1.165) is 27.8 Å². The number of hydrogen-bond donors (Lipinski definition) is 1. The molecule has 9 heteroatoms. The van der Waals surface area contributed by atoms with Crippen molar-refractivity contribution < 1.29 is 0 Å². The summed E-state index contributed by atoms with van der Waals surface area (Å²) in [5.41, 5.74) is 6.42. The van der Waals surface area contributed by atoms with Crippen LogP contribution in [0.4, 0.5) is 5.82 Å². The molecule has 0 fully saturated rings. The van der Waals surface area contributed by atoms with Gasteiger partial charge in [0.2, 0.25) is 0 Å². The molecule has 30 heavy (non-hydrogen) atoms. The van der Waals surface area contributed by atoms with E-state index in [-0.39, 0.29) is 0 Å². The molecule has 2 aromatic carbocycles. The molecule has 152 valence electrons. The quantitative estimate of drug-likeness (QED) is 0.165. The summed E-state index contributed by atoms with van der Waals surface area (Å²) in [7, 11) is 0. The van der Waals surface area contributed by atoms with Crippen molar-refractivity contribution in [1.29, 1.82) is 0 Å². The van der Waals surface area contributed by atoms with Gasteiger partial charge in [-0.15, -0.1) is 5.10 Å². The number of nitrogens with one attached hydrogen (secondary N) is 1. The Kier molecular flexibility index (Phi) is 6.70. The van der Waals surface area contributed by atoms with Gasteiger partial charge >= 0.3 is 0 Å². The third-order valence-electron chi connectivity index (χ3n) is 4.21. The molecule has 0 aliphatic heterocycles. The molecule has 4 aromatic rings. The van der Waals surface area contributed by atoms with Crippen LogP contribution in [0.1, 0.15) is 24.5 Å². The number of aromatic nitrogens is 5. The Bertz CT molecular complexity index is 1140. The number of nitrogens with zero attached hydrogens (tertiary/aromatic N) is 6. The monoisotopic (exact) mass is 481 g/mol. The number of rotatable bonds is 8. The van der Waals surface area contributed by atoms with Crippen molar-refractivity contribution in [2.24, 2.45) is 5.10 Å². The van der Waals surface area contributed by atoms with Crippen LogP contribution < -0.4 is 5.43 Å². The topological polar surface area (TPSA) is 80.9 Å². The first kappa shape index (κ1) is 20.5. The van der Waals surface area contributed by atoms with Crippen LogP contribution in [0.25, 0.3) is 11.2 Å². The van der Waals surface area contributed by atoms with Crippen molar-refractivity contribution in [2.75, 3.05) is 11.2 Å². The maximum absolute atomic E-state index is 4.70. The highest BCUT2D eigenvalue weighted by Gasteiger charge is 2.15. The lowest BCUT2D eigenvalue weighted by molar-refractivity contribution is 0.661. The highest BCUT2D eigenvalue weighted by molar-refractivity contribution is 9.10. The van der Waals surface area contributed by atoms with Gasteiger partial charge in [0.25, 0.3) is 0 Å². The van der Waals surface area contributed by atoms with Gasteiger partial charge in [0, 0.05) is 10.2 Å². The molecule has 0 atom stereocenters. The zero-order valence-corrected chi connectivity index (χ0v) is 18.8. The second kappa shape index (κ2) is 9.82. The lowest BCUT2D eigenvalue weighted by atomic mass is 10.2. The van der Waals surface area contributed by atoms with Crippen LogP contribution in [0, 0.1) is 0 Å². The minimum absolute atomic E-state index is 0.547. The number of hydrogen-bond acceptors (Lipinski definition) is 7. The number of anilines is 1.